The van der Waals surface area contributed by atoms with Crippen molar-refractivity contribution in [3.05, 3.63) is 0 Å². The molecule has 0 spiro atoms. The summed E-state index contributed by atoms with van der Waals surface area (Å²) in [6.07, 6.45) is 0. The maximum atomic E-state index is 11.0. The number of ketones is 1. The quantitative estimate of drug-likeness (QED) is 0.676. The maximum Gasteiger partial charge on any atom is 0.218 e. The SMILES string of the molecule is CCNS(=O)(=O)CC(=O)C(C)C. The Morgan fingerprint density at radius 1 is 1.42 bits per heavy atom. The summed E-state index contributed by atoms with van der Waals surface area (Å²) in [6, 6.07) is 0. The fourth-order valence-electron chi connectivity index (χ4n) is 0.625. The van der Waals surface area contributed by atoms with E-state index >= 15 is 0 Å². The number of Topliss-reactive ketones (excluding diaryl/α,β-unsaturated/α-hetero) is 1. The second-order valence-electron chi connectivity index (χ2n) is 2.88. The summed E-state index contributed by atoms with van der Waals surface area (Å²) in [6.45, 7) is 5.37. The van der Waals surface area contributed by atoms with Crippen LogP contribution in [-0.2, 0) is 14.8 Å². The molecule has 0 rings (SSSR count). The summed E-state index contributed by atoms with van der Waals surface area (Å²) < 4.78 is 24.3. The van der Waals surface area contributed by atoms with Crippen molar-refractivity contribution in [2.24, 2.45) is 5.92 Å². The smallest absolute Gasteiger partial charge is 0.218 e. The molecule has 0 aliphatic carbocycles. The molecule has 0 unspecified atom stereocenters. The number of carbonyl (C=O) groups excluding carboxylic acids is 1. The summed E-state index contributed by atoms with van der Waals surface area (Å²) in [4.78, 5) is 11.0. The molecule has 0 aliphatic heterocycles. The molecular formula is C7H15NO3S. The average molecular weight is 193 g/mol. The Labute approximate surface area is 73.4 Å². The summed E-state index contributed by atoms with van der Waals surface area (Å²) in [5.74, 6) is -0.882. The molecule has 0 bridgehead atoms. The van der Waals surface area contributed by atoms with Gasteiger partial charge in [0.15, 0.2) is 5.78 Å². The molecule has 12 heavy (non-hydrogen) atoms. The minimum atomic E-state index is -3.38. The molecule has 0 aromatic rings. The lowest BCUT2D eigenvalue weighted by Gasteiger charge is -2.05. The lowest BCUT2D eigenvalue weighted by Crippen LogP contribution is -2.31. The molecule has 0 heterocycles. The zero-order valence-corrected chi connectivity index (χ0v) is 8.44. The maximum absolute atomic E-state index is 11.0. The first-order valence-electron chi connectivity index (χ1n) is 3.89. The highest BCUT2D eigenvalue weighted by Gasteiger charge is 2.17. The fraction of sp³-hybridized carbons (Fsp3) is 0.857. The van der Waals surface area contributed by atoms with Gasteiger partial charge in [-0.15, -0.1) is 0 Å². The Kier molecular flexibility index (Phi) is 4.41. The van der Waals surface area contributed by atoms with Crippen LogP contribution in [-0.4, -0.2) is 26.5 Å². The molecule has 1 N–H and O–H groups in total. The van der Waals surface area contributed by atoms with Crippen molar-refractivity contribution in [3.8, 4) is 0 Å². The van der Waals surface area contributed by atoms with Crippen molar-refractivity contribution >= 4 is 15.8 Å². The lowest BCUT2D eigenvalue weighted by molar-refractivity contribution is -0.119. The summed E-state index contributed by atoms with van der Waals surface area (Å²) in [7, 11) is -3.38. The van der Waals surface area contributed by atoms with Crippen LogP contribution in [0.25, 0.3) is 0 Å². The van der Waals surface area contributed by atoms with Crippen LogP contribution in [0, 0.1) is 5.92 Å². The van der Waals surface area contributed by atoms with Gasteiger partial charge < -0.3 is 0 Å². The van der Waals surface area contributed by atoms with Gasteiger partial charge in [-0.25, -0.2) is 13.1 Å². The van der Waals surface area contributed by atoms with Crippen LogP contribution in [0.1, 0.15) is 20.8 Å². The normalized spacial score (nSPS) is 12.0. The average Bonchev–Trinajstić information content (AvgIpc) is 1.85. The number of hydrogen-bond acceptors (Lipinski definition) is 3. The molecule has 0 aliphatic rings. The predicted molar refractivity (Wildman–Crippen MR) is 47.3 cm³/mol. The standard InChI is InChI=1S/C7H15NO3S/c1-4-8-12(10,11)5-7(9)6(2)3/h6,8H,4-5H2,1-3H3. The number of carbonyl (C=O) groups is 1. The largest absolute Gasteiger partial charge is 0.298 e. The minimum absolute atomic E-state index is 0.224. The van der Waals surface area contributed by atoms with Gasteiger partial charge in [-0.1, -0.05) is 20.8 Å². The van der Waals surface area contributed by atoms with Gasteiger partial charge in [0.1, 0.15) is 5.75 Å². The second kappa shape index (κ2) is 4.57. The number of rotatable bonds is 5. The van der Waals surface area contributed by atoms with Gasteiger partial charge in [0.05, 0.1) is 0 Å². The Bertz CT molecular complexity index is 243. The molecule has 0 aromatic heterocycles. The Balaban J connectivity index is 4.17. The zero-order chi connectivity index (χ0) is 9.78. The molecule has 0 fully saturated rings. The van der Waals surface area contributed by atoms with E-state index in [-0.39, 0.29) is 11.7 Å². The minimum Gasteiger partial charge on any atom is -0.298 e. The molecule has 5 heteroatoms. The van der Waals surface area contributed by atoms with E-state index < -0.39 is 15.8 Å². The zero-order valence-electron chi connectivity index (χ0n) is 7.62. The van der Waals surface area contributed by atoms with Crippen LogP contribution in [0.4, 0.5) is 0 Å². The highest BCUT2D eigenvalue weighted by molar-refractivity contribution is 7.90. The molecule has 0 amide bonds. The Morgan fingerprint density at radius 2 is 1.92 bits per heavy atom. The molecule has 0 atom stereocenters. The van der Waals surface area contributed by atoms with Gasteiger partial charge >= 0.3 is 0 Å². The van der Waals surface area contributed by atoms with E-state index in [2.05, 4.69) is 4.72 Å². The van der Waals surface area contributed by atoms with Gasteiger partial charge in [0.25, 0.3) is 0 Å². The first-order valence-corrected chi connectivity index (χ1v) is 5.54. The van der Waals surface area contributed by atoms with Gasteiger partial charge in [-0.3, -0.25) is 4.79 Å². The molecule has 0 radical (unpaired) electrons. The number of hydrogen-bond donors (Lipinski definition) is 1. The third-order valence-corrected chi connectivity index (χ3v) is 2.73. The highest BCUT2D eigenvalue weighted by atomic mass is 32.2. The molecule has 0 saturated heterocycles. The van der Waals surface area contributed by atoms with E-state index in [1.165, 1.54) is 0 Å². The molecule has 4 nitrogen and oxygen atoms in total. The number of sulfonamides is 1. The second-order valence-corrected chi connectivity index (χ2v) is 4.68. The van der Waals surface area contributed by atoms with Gasteiger partial charge in [0, 0.05) is 12.5 Å². The fourth-order valence-corrected chi connectivity index (χ4v) is 1.87. The van der Waals surface area contributed by atoms with Crippen molar-refractivity contribution in [3.63, 3.8) is 0 Å². The summed E-state index contributed by atoms with van der Waals surface area (Å²) >= 11 is 0. The first kappa shape index (κ1) is 11.6. The lowest BCUT2D eigenvalue weighted by atomic mass is 10.1. The third-order valence-electron chi connectivity index (χ3n) is 1.34. The van der Waals surface area contributed by atoms with Crippen molar-refractivity contribution in [1.82, 2.24) is 4.72 Å². The van der Waals surface area contributed by atoms with E-state index in [0.29, 0.717) is 6.54 Å². The highest BCUT2D eigenvalue weighted by Crippen LogP contribution is 1.97. The Hall–Kier alpha value is -0.420. The molecule has 0 saturated carbocycles. The van der Waals surface area contributed by atoms with Crippen molar-refractivity contribution in [2.45, 2.75) is 20.8 Å². The monoisotopic (exact) mass is 193 g/mol. The molecule has 0 aromatic carbocycles. The van der Waals surface area contributed by atoms with E-state index in [1.807, 2.05) is 0 Å². The van der Waals surface area contributed by atoms with Gasteiger partial charge in [-0.05, 0) is 0 Å². The van der Waals surface area contributed by atoms with E-state index in [4.69, 9.17) is 0 Å². The number of nitrogens with one attached hydrogen (secondary N) is 1. The van der Waals surface area contributed by atoms with Crippen molar-refractivity contribution in [1.29, 1.82) is 0 Å². The van der Waals surface area contributed by atoms with Crippen molar-refractivity contribution in [2.75, 3.05) is 12.3 Å². The topological polar surface area (TPSA) is 63.2 Å². The van der Waals surface area contributed by atoms with E-state index in [9.17, 15) is 13.2 Å². The van der Waals surface area contributed by atoms with Crippen LogP contribution in [0.15, 0.2) is 0 Å². The molecule has 72 valence electrons. The Morgan fingerprint density at radius 3 is 2.25 bits per heavy atom. The van der Waals surface area contributed by atoms with Gasteiger partial charge in [0.2, 0.25) is 10.0 Å². The predicted octanol–water partition coefficient (Wildman–Crippen LogP) is 0.151. The van der Waals surface area contributed by atoms with Gasteiger partial charge in [-0.2, -0.15) is 0 Å². The van der Waals surface area contributed by atoms with E-state index in [0.717, 1.165) is 0 Å². The van der Waals surface area contributed by atoms with Crippen LogP contribution in [0.3, 0.4) is 0 Å². The first-order chi connectivity index (χ1) is 5.39. The van der Waals surface area contributed by atoms with E-state index in [1.54, 1.807) is 20.8 Å². The molecular weight excluding hydrogens is 178 g/mol. The van der Waals surface area contributed by atoms with Crippen LogP contribution in [0.2, 0.25) is 0 Å². The summed E-state index contributed by atoms with van der Waals surface area (Å²) in [5, 5.41) is 0. The summed E-state index contributed by atoms with van der Waals surface area (Å²) in [5.41, 5.74) is 0. The third kappa shape index (κ3) is 4.46. The van der Waals surface area contributed by atoms with Crippen LogP contribution < -0.4 is 4.72 Å². The van der Waals surface area contributed by atoms with Crippen LogP contribution in [0.5, 0.6) is 0 Å². The van der Waals surface area contributed by atoms with Crippen LogP contribution >= 0.6 is 0 Å². The van der Waals surface area contributed by atoms with Crippen molar-refractivity contribution < 1.29 is 13.2 Å².